The molecule has 0 radical (unpaired) electrons. The van der Waals surface area contributed by atoms with E-state index in [0.29, 0.717) is 13.0 Å². The number of hydrogen-bond acceptors (Lipinski definition) is 4. The van der Waals surface area contributed by atoms with Crippen molar-refractivity contribution in [2.24, 2.45) is 22.7 Å². The standard InChI is InChI=1S/C16H28O4/c1-15(2,3)12(18)7-10-9-20-11(8-17)13(10)14(19)16(4,5)6/h10-11,13,17H,7-9H2,1-6H3/t10-,11-,13+/m0/s1. The number of hydrogen-bond donors (Lipinski definition) is 1. The van der Waals surface area contributed by atoms with Gasteiger partial charge in [-0.25, -0.2) is 0 Å². The van der Waals surface area contributed by atoms with Crippen LogP contribution in [0.2, 0.25) is 0 Å². The van der Waals surface area contributed by atoms with Crippen LogP contribution in [0.5, 0.6) is 0 Å². The molecule has 1 fully saturated rings. The molecule has 0 aromatic heterocycles. The summed E-state index contributed by atoms with van der Waals surface area (Å²) in [5, 5.41) is 9.40. The maximum Gasteiger partial charge on any atom is 0.144 e. The average molecular weight is 284 g/mol. The molecule has 0 aliphatic carbocycles. The van der Waals surface area contributed by atoms with Crippen molar-refractivity contribution in [2.75, 3.05) is 13.2 Å². The molecule has 1 aliphatic heterocycles. The Kier molecular flexibility index (Phi) is 5.14. The van der Waals surface area contributed by atoms with Crippen molar-refractivity contribution in [3.8, 4) is 0 Å². The van der Waals surface area contributed by atoms with Gasteiger partial charge in [-0.1, -0.05) is 41.5 Å². The maximum absolute atomic E-state index is 12.6. The van der Waals surface area contributed by atoms with Gasteiger partial charge in [0.25, 0.3) is 0 Å². The Morgan fingerprint density at radius 3 is 2.05 bits per heavy atom. The average Bonchev–Trinajstić information content (AvgIpc) is 2.68. The van der Waals surface area contributed by atoms with Gasteiger partial charge in [-0.05, 0) is 0 Å². The molecular formula is C16H28O4. The fraction of sp³-hybridized carbons (Fsp3) is 0.875. The van der Waals surface area contributed by atoms with E-state index in [4.69, 9.17) is 4.74 Å². The molecule has 0 saturated carbocycles. The van der Waals surface area contributed by atoms with E-state index in [0.717, 1.165) is 0 Å². The van der Waals surface area contributed by atoms with Crippen LogP contribution in [0.4, 0.5) is 0 Å². The lowest BCUT2D eigenvalue weighted by atomic mass is 9.73. The highest BCUT2D eigenvalue weighted by molar-refractivity contribution is 5.89. The predicted octanol–water partition coefficient (Wildman–Crippen LogP) is 2.23. The van der Waals surface area contributed by atoms with Crippen LogP contribution in [0.25, 0.3) is 0 Å². The van der Waals surface area contributed by atoms with Crippen molar-refractivity contribution >= 4 is 11.6 Å². The Labute approximate surface area is 121 Å². The number of Topliss-reactive ketones (excluding diaryl/α,β-unsaturated/α-hetero) is 2. The molecule has 116 valence electrons. The molecule has 4 nitrogen and oxygen atoms in total. The molecule has 0 aromatic rings. The second-order valence-corrected chi connectivity index (χ2v) is 7.83. The number of rotatable bonds is 4. The molecule has 3 atom stereocenters. The molecule has 1 heterocycles. The third-order valence-corrected chi connectivity index (χ3v) is 3.94. The minimum absolute atomic E-state index is 0.0701. The van der Waals surface area contributed by atoms with E-state index in [1.165, 1.54) is 0 Å². The first-order valence-corrected chi connectivity index (χ1v) is 7.28. The number of carbonyl (C=O) groups excluding carboxylic acids is 2. The normalized spacial score (nSPS) is 27.6. The topological polar surface area (TPSA) is 63.6 Å². The van der Waals surface area contributed by atoms with Crippen molar-refractivity contribution < 1.29 is 19.4 Å². The highest BCUT2D eigenvalue weighted by atomic mass is 16.5. The van der Waals surface area contributed by atoms with E-state index in [2.05, 4.69) is 0 Å². The molecule has 1 aliphatic rings. The van der Waals surface area contributed by atoms with E-state index in [1.807, 2.05) is 41.5 Å². The van der Waals surface area contributed by atoms with Crippen LogP contribution < -0.4 is 0 Å². The molecule has 0 bridgehead atoms. The number of ketones is 2. The van der Waals surface area contributed by atoms with Gasteiger partial charge in [0.2, 0.25) is 0 Å². The van der Waals surface area contributed by atoms with Crippen molar-refractivity contribution in [3.05, 3.63) is 0 Å². The van der Waals surface area contributed by atoms with Gasteiger partial charge in [-0.3, -0.25) is 9.59 Å². The third-order valence-electron chi connectivity index (χ3n) is 3.94. The van der Waals surface area contributed by atoms with E-state index in [9.17, 15) is 14.7 Å². The lowest BCUT2D eigenvalue weighted by Crippen LogP contribution is -2.39. The summed E-state index contributed by atoms with van der Waals surface area (Å²) in [5.41, 5.74) is -0.901. The van der Waals surface area contributed by atoms with Crippen LogP contribution >= 0.6 is 0 Å². The fourth-order valence-electron chi connectivity index (χ4n) is 2.54. The Hall–Kier alpha value is -0.740. The largest absolute Gasteiger partial charge is 0.394 e. The van der Waals surface area contributed by atoms with Gasteiger partial charge < -0.3 is 9.84 Å². The summed E-state index contributed by atoms with van der Waals surface area (Å²) >= 11 is 0. The quantitative estimate of drug-likeness (QED) is 0.860. The number of aliphatic hydroxyl groups excluding tert-OH is 1. The Bertz CT molecular complexity index is 373. The van der Waals surface area contributed by atoms with Crippen LogP contribution in [-0.4, -0.2) is 36.0 Å². The van der Waals surface area contributed by atoms with E-state index in [1.54, 1.807) is 0 Å². The molecule has 1 N–H and O–H groups in total. The van der Waals surface area contributed by atoms with Crippen LogP contribution in [0.15, 0.2) is 0 Å². The molecule has 0 aromatic carbocycles. The van der Waals surface area contributed by atoms with Gasteiger partial charge in [-0.2, -0.15) is 0 Å². The van der Waals surface area contributed by atoms with Crippen LogP contribution in [0, 0.1) is 22.7 Å². The molecule has 1 rings (SSSR count). The molecular weight excluding hydrogens is 256 g/mol. The Morgan fingerprint density at radius 2 is 1.65 bits per heavy atom. The molecule has 20 heavy (non-hydrogen) atoms. The second-order valence-electron chi connectivity index (χ2n) is 7.83. The predicted molar refractivity (Wildman–Crippen MR) is 77.3 cm³/mol. The van der Waals surface area contributed by atoms with Gasteiger partial charge in [-0.15, -0.1) is 0 Å². The van der Waals surface area contributed by atoms with Gasteiger partial charge >= 0.3 is 0 Å². The van der Waals surface area contributed by atoms with Gasteiger partial charge in [0.1, 0.15) is 11.6 Å². The van der Waals surface area contributed by atoms with E-state index < -0.39 is 16.9 Å². The minimum Gasteiger partial charge on any atom is -0.394 e. The molecule has 0 spiro atoms. The SMILES string of the molecule is CC(C)(C)C(=O)C[C@H]1CO[C@@H](CO)[C@@H]1C(=O)C(C)(C)C. The maximum atomic E-state index is 12.6. The monoisotopic (exact) mass is 284 g/mol. The lowest BCUT2D eigenvalue weighted by molar-refractivity contribution is -0.134. The van der Waals surface area contributed by atoms with Crippen molar-refractivity contribution in [1.82, 2.24) is 0 Å². The number of carbonyl (C=O) groups is 2. The zero-order chi connectivity index (χ0) is 15.7. The first kappa shape index (κ1) is 17.3. The smallest absolute Gasteiger partial charge is 0.144 e. The van der Waals surface area contributed by atoms with Crippen molar-refractivity contribution in [2.45, 2.75) is 54.1 Å². The zero-order valence-electron chi connectivity index (χ0n) is 13.5. The highest BCUT2D eigenvalue weighted by Gasteiger charge is 2.46. The first-order valence-electron chi connectivity index (χ1n) is 7.28. The van der Waals surface area contributed by atoms with Crippen LogP contribution in [0.3, 0.4) is 0 Å². The lowest BCUT2D eigenvalue weighted by Gasteiger charge is -2.28. The minimum atomic E-state index is -0.491. The highest BCUT2D eigenvalue weighted by Crippen LogP contribution is 2.37. The molecule has 0 amide bonds. The summed E-state index contributed by atoms with van der Waals surface area (Å²) in [6.45, 7) is 11.5. The summed E-state index contributed by atoms with van der Waals surface area (Å²) in [4.78, 5) is 24.8. The third kappa shape index (κ3) is 3.89. The van der Waals surface area contributed by atoms with Gasteiger partial charge in [0.15, 0.2) is 0 Å². The summed E-state index contributed by atoms with van der Waals surface area (Å²) in [6, 6.07) is 0. The summed E-state index contributed by atoms with van der Waals surface area (Å²) in [6.07, 6.45) is -0.133. The van der Waals surface area contributed by atoms with Crippen LogP contribution in [-0.2, 0) is 14.3 Å². The second kappa shape index (κ2) is 5.94. The summed E-state index contributed by atoms with van der Waals surface area (Å²) < 4.78 is 5.53. The van der Waals surface area contributed by atoms with Crippen molar-refractivity contribution in [3.63, 3.8) is 0 Å². The van der Waals surface area contributed by atoms with Crippen molar-refractivity contribution in [1.29, 1.82) is 0 Å². The summed E-state index contributed by atoms with van der Waals surface area (Å²) in [5.74, 6) is -0.297. The Balaban J connectivity index is 2.90. The van der Waals surface area contributed by atoms with E-state index >= 15 is 0 Å². The van der Waals surface area contributed by atoms with E-state index in [-0.39, 0.29) is 30.0 Å². The van der Waals surface area contributed by atoms with Gasteiger partial charge in [0, 0.05) is 23.2 Å². The Morgan fingerprint density at radius 1 is 1.10 bits per heavy atom. The summed E-state index contributed by atoms with van der Waals surface area (Å²) in [7, 11) is 0. The zero-order valence-corrected chi connectivity index (χ0v) is 13.5. The number of ether oxygens (including phenoxy) is 1. The van der Waals surface area contributed by atoms with Gasteiger partial charge in [0.05, 0.1) is 25.2 Å². The number of aliphatic hydroxyl groups is 1. The molecule has 4 heteroatoms. The fourth-order valence-corrected chi connectivity index (χ4v) is 2.54. The molecule has 0 unspecified atom stereocenters. The van der Waals surface area contributed by atoms with Crippen LogP contribution in [0.1, 0.15) is 48.0 Å². The molecule has 1 saturated heterocycles. The first-order chi connectivity index (χ1) is 8.98.